The number of carbonyl (C=O) groups excluding carboxylic acids is 1. The van der Waals surface area contributed by atoms with Gasteiger partial charge in [0.15, 0.2) is 6.61 Å². The normalized spacial score (nSPS) is 29.9. The Labute approximate surface area is 185 Å². The minimum atomic E-state index is -3.45. The smallest absolute Gasteiger partial charge is 0.260 e. The van der Waals surface area contributed by atoms with Gasteiger partial charge in [-0.2, -0.15) is 0 Å². The van der Waals surface area contributed by atoms with E-state index in [2.05, 4.69) is 10.8 Å². The van der Waals surface area contributed by atoms with Crippen LogP contribution in [0.5, 0.6) is 5.75 Å². The highest BCUT2D eigenvalue weighted by Gasteiger charge is 2.38. The van der Waals surface area contributed by atoms with Gasteiger partial charge < -0.3 is 14.4 Å². The van der Waals surface area contributed by atoms with Crippen molar-refractivity contribution in [1.82, 2.24) is 9.62 Å². The molecule has 172 valence electrons. The summed E-state index contributed by atoms with van der Waals surface area (Å²) in [5.74, 6) is 1.08. The van der Waals surface area contributed by atoms with Crippen LogP contribution in [-0.4, -0.2) is 62.4 Å². The van der Waals surface area contributed by atoms with Crippen LogP contribution in [0.15, 0.2) is 24.3 Å². The van der Waals surface area contributed by atoms with E-state index >= 15 is 0 Å². The quantitative estimate of drug-likeness (QED) is 0.766. The maximum Gasteiger partial charge on any atom is 0.260 e. The second-order valence-electron chi connectivity index (χ2n) is 9.25. The summed E-state index contributed by atoms with van der Waals surface area (Å²) in [6.45, 7) is 4.22. The summed E-state index contributed by atoms with van der Waals surface area (Å²) in [6, 6.07) is 7.34. The van der Waals surface area contributed by atoms with Crippen molar-refractivity contribution in [2.75, 3.05) is 19.8 Å². The summed E-state index contributed by atoms with van der Waals surface area (Å²) >= 11 is 0. The Kier molecular flexibility index (Phi) is 6.89. The Hall–Kier alpha value is -1.64. The number of para-hydroxylation sites is 1. The predicted molar refractivity (Wildman–Crippen MR) is 119 cm³/mol. The fraction of sp³-hybridized carbons (Fsp3) is 0.696. The molecule has 31 heavy (non-hydrogen) atoms. The second-order valence-corrected chi connectivity index (χ2v) is 11.5. The highest BCUT2D eigenvalue weighted by atomic mass is 32.2. The lowest BCUT2D eigenvalue weighted by molar-refractivity contribution is -0.140. The number of piperidine rings is 1. The van der Waals surface area contributed by atoms with Crippen LogP contribution in [0.4, 0.5) is 0 Å². The minimum Gasteiger partial charge on any atom is -0.483 e. The maximum absolute atomic E-state index is 13.2. The van der Waals surface area contributed by atoms with E-state index in [-0.39, 0.29) is 30.7 Å². The van der Waals surface area contributed by atoms with E-state index in [0.29, 0.717) is 25.5 Å². The lowest BCUT2D eigenvalue weighted by Gasteiger charge is -2.42. The third-order valence-electron chi connectivity index (χ3n) is 6.92. The summed E-state index contributed by atoms with van der Waals surface area (Å²) in [6.07, 6.45) is 5.55. The Morgan fingerprint density at radius 2 is 1.84 bits per heavy atom. The summed E-state index contributed by atoms with van der Waals surface area (Å²) in [5, 5.41) is -0.524. The van der Waals surface area contributed by atoms with Gasteiger partial charge in [-0.3, -0.25) is 4.79 Å². The molecule has 5 rings (SSSR count). The number of fused-ring (bicyclic) bond motifs is 5. The molecule has 1 aliphatic carbocycles. The van der Waals surface area contributed by atoms with E-state index < -0.39 is 15.3 Å². The lowest BCUT2D eigenvalue weighted by atomic mass is 9.82. The van der Waals surface area contributed by atoms with E-state index in [1.807, 2.05) is 18.2 Å². The topological polar surface area (TPSA) is 84.9 Å². The Morgan fingerprint density at radius 3 is 2.58 bits per heavy atom. The first-order chi connectivity index (χ1) is 14.8. The predicted octanol–water partition coefficient (Wildman–Crippen LogP) is 2.81. The molecule has 0 unspecified atom stereocenters. The molecule has 1 N–H and O–H groups in total. The molecule has 2 fully saturated rings. The average Bonchev–Trinajstić information content (AvgIpc) is 2.77. The molecule has 1 aromatic carbocycles. The van der Waals surface area contributed by atoms with E-state index in [9.17, 15) is 13.2 Å². The van der Waals surface area contributed by atoms with Gasteiger partial charge in [-0.15, -0.1) is 0 Å². The molecule has 4 aliphatic rings. The highest BCUT2D eigenvalue weighted by Crippen LogP contribution is 2.38. The maximum atomic E-state index is 13.2. The average molecular weight is 451 g/mol. The number of hydrogen-bond acceptors (Lipinski definition) is 5. The van der Waals surface area contributed by atoms with E-state index in [0.717, 1.165) is 37.9 Å². The van der Waals surface area contributed by atoms with Crippen molar-refractivity contribution in [3.8, 4) is 5.75 Å². The second kappa shape index (κ2) is 9.46. The summed E-state index contributed by atoms with van der Waals surface area (Å²) in [7, 11) is -3.45. The molecule has 7 nitrogen and oxygen atoms in total. The monoisotopic (exact) mass is 450 g/mol. The molecule has 0 aromatic heterocycles. The Bertz CT molecular complexity index is 880. The number of sulfonamides is 1. The molecule has 0 radical (unpaired) electrons. The van der Waals surface area contributed by atoms with Crippen molar-refractivity contribution in [2.24, 2.45) is 0 Å². The van der Waals surface area contributed by atoms with Crippen molar-refractivity contribution in [2.45, 2.75) is 81.7 Å². The van der Waals surface area contributed by atoms with Gasteiger partial charge in [0.25, 0.3) is 5.91 Å². The van der Waals surface area contributed by atoms with E-state index in [4.69, 9.17) is 9.47 Å². The van der Waals surface area contributed by atoms with Gasteiger partial charge in [0.2, 0.25) is 10.0 Å². The molecule has 3 aliphatic heterocycles. The third-order valence-corrected chi connectivity index (χ3v) is 8.79. The van der Waals surface area contributed by atoms with Crippen LogP contribution in [-0.2, 0) is 19.6 Å². The molecule has 2 bridgehead atoms. The molecule has 8 heteroatoms. The Balaban J connectivity index is 1.60. The summed E-state index contributed by atoms with van der Waals surface area (Å²) in [4.78, 5) is 14.9. The van der Waals surface area contributed by atoms with Crippen LogP contribution in [0.1, 0.15) is 63.9 Å². The van der Waals surface area contributed by atoms with Gasteiger partial charge in [0.05, 0.1) is 24.0 Å². The summed E-state index contributed by atoms with van der Waals surface area (Å²) < 4.78 is 40.3. The van der Waals surface area contributed by atoms with Crippen LogP contribution in [0.3, 0.4) is 0 Å². The number of hydrogen-bond donors (Lipinski definition) is 1. The first-order valence-corrected chi connectivity index (χ1v) is 13.0. The molecular formula is C23H34N2O5S. The van der Waals surface area contributed by atoms with Crippen molar-refractivity contribution in [1.29, 1.82) is 0 Å². The van der Waals surface area contributed by atoms with Gasteiger partial charge in [0, 0.05) is 12.6 Å². The molecule has 1 saturated heterocycles. The fourth-order valence-electron chi connectivity index (χ4n) is 5.00. The van der Waals surface area contributed by atoms with Crippen LogP contribution >= 0.6 is 0 Å². The molecule has 3 heterocycles. The van der Waals surface area contributed by atoms with Crippen LogP contribution in [0.25, 0.3) is 0 Å². The lowest BCUT2D eigenvalue weighted by Crippen LogP contribution is -2.60. The number of nitrogens with zero attached hydrogens (tertiary/aromatic N) is 1. The van der Waals surface area contributed by atoms with Gasteiger partial charge >= 0.3 is 0 Å². The van der Waals surface area contributed by atoms with Crippen molar-refractivity contribution in [3.05, 3.63) is 29.8 Å². The van der Waals surface area contributed by atoms with Crippen LogP contribution in [0.2, 0.25) is 0 Å². The molecule has 0 spiro atoms. The zero-order chi connectivity index (χ0) is 22.0. The number of ether oxygens (including phenoxy) is 2. The molecular weight excluding hydrogens is 416 g/mol. The number of benzene rings is 1. The van der Waals surface area contributed by atoms with Crippen LogP contribution < -0.4 is 9.46 Å². The van der Waals surface area contributed by atoms with Gasteiger partial charge in [-0.05, 0) is 69.9 Å². The largest absolute Gasteiger partial charge is 0.483 e. The standard InChI is InChI=1S/C23H34N2O5S/c1-16(2)31(27,28)24-20-7-5-13-25-21(20)14-29-18-11-9-17(10-12-18)19-6-3-4-8-22(19)30-15-23(25)26/h3-4,6,8,16-18,20-21,24H,5,7,9-15H2,1-2H3/t17-,18+,20-,21-/m0/s1. The molecule has 1 aromatic rings. The SMILES string of the molecule is CC(C)S(=O)(=O)N[C@H]1CCCN2C(=O)COc3ccccc3[C@H]3CC[C@H](CC3)OC[C@@H]12. The zero-order valence-corrected chi connectivity index (χ0v) is 19.3. The first kappa shape index (κ1) is 22.6. The third kappa shape index (κ3) is 5.07. The van der Waals surface area contributed by atoms with Crippen molar-refractivity contribution in [3.63, 3.8) is 0 Å². The van der Waals surface area contributed by atoms with Gasteiger partial charge in [-0.25, -0.2) is 13.1 Å². The summed E-state index contributed by atoms with van der Waals surface area (Å²) in [5.41, 5.74) is 1.17. The first-order valence-electron chi connectivity index (χ1n) is 11.5. The highest BCUT2D eigenvalue weighted by molar-refractivity contribution is 7.90. The molecule has 1 saturated carbocycles. The van der Waals surface area contributed by atoms with Crippen molar-refractivity contribution < 1.29 is 22.7 Å². The van der Waals surface area contributed by atoms with Gasteiger partial charge in [0.1, 0.15) is 5.75 Å². The zero-order valence-electron chi connectivity index (χ0n) is 18.5. The molecule has 1 amide bonds. The van der Waals surface area contributed by atoms with Crippen LogP contribution in [0, 0.1) is 0 Å². The Morgan fingerprint density at radius 1 is 1.10 bits per heavy atom. The number of carbonyl (C=O) groups is 1. The van der Waals surface area contributed by atoms with E-state index in [1.165, 1.54) is 5.56 Å². The number of amides is 1. The van der Waals surface area contributed by atoms with E-state index in [1.54, 1.807) is 18.7 Å². The number of rotatable bonds is 3. The van der Waals surface area contributed by atoms with Gasteiger partial charge in [-0.1, -0.05) is 18.2 Å². The minimum absolute atomic E-state index is 0.0483. The van der Waals surface area contributed by atoms with Crippen molar-refractivity contribution >= 4 is 15.9 Å². The fourth-order valence-corrected chi connectivity index (χ4v) is 5.97. The number of nitrogens with one attached hydrogen (secondary N) is 1. The molecule has 2 atom stereocenters.